The van der Waals surface area contributed by atoms with Crippen molar-refractivity contribution in [3.63, 3.8) is 0 Å². The molecular weight excluding hydrogens is 214 g/mol. The third kappa shape index (κ3) is 3.29. The summed E-state index contributed by atoms with van der Waals surface area (Å²) in [6.07, 6.45) is 4.34. The van der Waals surface area contributed by atoms with Gasteiger partial charge >= 0.3 is 0 Å². The first-order valence-corrected chi connectivity index (χ1v) is 6.35. The molecule has 2 bridgehead atoms. The van der Waals surface area contributed by atoms with Gasteiger partial charge in [0, 0.05) is 4.92 Å². The van der Waals surface area contributed by atoms with Gasteiger partial charge in [-0.1, -0.05) is 38.1 Å². The fourth-order valence-electron chi connectivity index (χ4n) is 2.80. The van der Waals surface area contributed by atoms with E-state index < -0.39 is 4.92 Å². The van der Waals surface area contributed by atoms with E-state index in [0.717, 1.165) is 18.9 Å². The summed E-state index contributed by atoms with van der Waals surface area (Å²) in [4.78, 5) is 8.31. The molecule has 3 rings (SSSR count). The molecule has 0 heterocycles. The van der Waals surface area contributed by atoms with Crippen molar-refractivity contribution in [3.8, 4) is 0 Å². The second-order valence-electron chi connectivity index (χ2n) is 4.28. The predicted octanol–water partition coefficient (Wildman–Crippen LogP) is 3.97. The second kappa shape index (κ2) is 6.38. The first-order valence-electron chi connectivity index (χ1n) is 6.35. The number of fused-ring (bicyclic) bond motifs is 5. The molecule has 0 radical (unpaired) electrons. The van der Waals surface area contributed by atoms with Crippen LogP contribution >= 0.6 is 0 Å². The van der Waals surface area contributed by atoms with E-state index in [2.05, 4.69) is 24.3 Å². The molecule has 1 saturated carbocycles. The fraction of sp³-hybridized carbons (Fsp3) is 0.571. The number of hydrogen-bond donors (Lipinski definition) is 0. The van der Waals surface area contributed by atoms with Crippen LogP contribution in [0.25, 0.3) is 0 Å². The lowest BCUT2D eigenvalue weighted by Gasteiger charge is -2.13. The number of nitrogens with zero attached hydrogens (tertiary/aromatic N) is 1. The Morgan fingerprint density at radius 2 is 1.47 bits per heavy atom. The molecule has 94 valence electrons. The molecule has 2 unspecified atom stereocenters. The minimum atomic E-state index is -0.500. The minimum absolute atomic E-state index is 0.500. The number of hydrogen-bond acceptors (Lipinski definition) is 2. The van der Waals surface area contributed by atoms with Crippen LogP contribution < -0.4 is 0 Å². The Balaban J connectivity index is 0.000000209. The Morgan fingerprint density at radius 1 is 1.12 bits per heavy atom. The van der Waals surface area contributed by atoms with Crippen LogP contribution in [-0.4, -0.2) is 12.0 Å². The van der Waals surface area contributed by atoms with Gasteiger partial charge in [0.1, 0.15) is 0 Å². The molecular formula is C14H21NO2. The van der Waals surface area contributed by atoms with Crippen molar-refractivity contribution in [1.82, 2.24) is 0 Å². The van der Waals surface area contributed by atoms with Crippen LogP contribution in [0, 0.1) is 10.1 Å². The highest BCUT2D eigenvalue weighted by Gasteiger charge is 2.35. The van der Waals surface area contributed by atoms with E-state index in [9.17, 15) is 0 Å². The molecule has 3 heteroatoms. The largest absolute Gasteiger partial charge is 0.265 e. The van der Waals surface area contributed by atoms with E-state index in [0.29, 0.717) is 0 Å². The van der Waals surface area contributed by atoms with Crippen LogP contribution in [0.3, 0.4) is 0 Å². The van der Waals surface area contributed by atoms with E-state index >= 15 is 0 Å². The Labute approximate surface area is 103 Å². The summed E-state index contributed by atoms with van der Waals surface area (Å²) in [5.41, 5.74) is 3.31. The quantitative estimate of drug-likeness (QED) is 0.504. The van der Waals surface area contributed by atoms with Crippen molar-refractivity contribution >= 4 is 0 Å². The zero-order chi connectivity index (χ0) is 12.8. The lowest BCUT2D eigenvalue weighted by atomic mass is 9.92. The zero-order valence-corrected chi connectivity index (χ0v) is 10.8. The van der Waals surface area contributed by atoms with Crippen molar-refractivity contribution < 1.29 is 4.92 Å². The second-order valence-corrected chi connectivity index (χ2v) is 4.28. The lowest BCUT2D eigenvalue weighted by molar-refractivity contribution is -0.445. The molecule has 1 aromatic rings. The Kier molecular flexibility index (Phi) is 5.13. The summed E-state index contributed by atoms with van der Waals surface area (Å²) in [7, 11) is 0.889. The normalized spacial score (nSPS) is 22.8. The van der Waals surface area contributed by atoms with Crippen LogP contribution in [0.5, 0.6) is 0 Å². The SMILES string of the molecule is CC.C[N+](=O)[O-].c1ccc2c(c1)C1CCC2C1. The van der Waals surface area contributed by atoms with Gasteiger partial charge in [-0.2, -0.15) is 0 Å². The van der Waals surface area contributed by atoms with Crippen molar-refractivity contribution in [2.45, 2.75) is 44.9 Å². The zero-order valence-electron chi connectivity index (χ0n) is 10.8. The monoisotopic (exact) mass is 235 g/mol. The van der Waals surface area contributed by atoms with Crippen LogP contribution in [0.1, 0.15) is 56.1 Å². The predicted molar refractivity (Wildman–Crippen MR) is 70.0 cm³/mol. The smallest absolute Gasteiger partial charge is 0.194 e. The standard InChI is InChI=1S/C11H12.C2H6.CH3NO2/c1-2-4-11-9-6-5-8(7-9)10(11)3-1;1-2;1-2(3)4/h1-4,8-9H,5-7H2;1-2H3;1H3. The van der Waals surface area contributed by atoms with Gasteiger partial charge in [0.05, 0.1) is 0 Å². The summed E-state index contributed by atoms with van der Waals surface area (Å²) < 4.78 is 0. The average Bonchev–Trinajstić information content (AvgIpc) is 2.92. The molecule has 0 aliphatic heterocycles. The first kappa shape index (κ1) is 13.7. The summed E-state index contributed by atoms with van der Waals surface area (Å²) in [5.74, 6) is 1.85. The molecule has 3 nitrogen and oxygen atoms in total. The molecule has 1 aromatic carbocycles. The van der Waals surface area contributed by atoms with Gasteiger partial charge in [-0.3, -0.25) is 10.1 Å². The summed E-state index contributed by atoms with van der Waals surface area (Å²) in [6, 6.07) is 9.00. The maximum atomic E-state index is 8.81. The molecule has 2 aliphatic rings. The van der Waals surface area contributed by atoms with E-state index in [1.54, 1.807) is 11.1 Å². The lowest BCUT2D eigenvalue weighted by Crippen LogP contribution is -1.95. The van der Waals surface area contributed by atoms with Crippen molar-refractivity contribution in [2.24, 2.45) is 0 Å². The minimum Gasteiger partial charge on any atom is -0.265 e. The molecule has 17 heavy (non-hydrogen) atoms. The van der Waals surface area contributed by atoms with Gasteiger partial charge < -0.3 is 0 Å². The molecule has 1 fully saturated rings. The number of rotatable bonds is 0. The maximum Gasteiger partial charge on any atom is 0.194 e. The van der Waals surface area contributed by atoms with Gasteiger partial charge in [-0.25, -0.2) is 0 Å². The molecule has 2 atom stereocenters. The van der Waals surface area contributed by atoms with Crippen LogP contribution in [0.15, 0.2) is 24.3 Å². The summed E-state index contributed by atoms with van der Waals surface area (Å²) in [5, 5.41) is 8.81. The average molecular weight is 235 g/mol. The van der Waals surface area contributed by atoms with E-state index in [1.807, 2.05) is 13.8 Å². The highest BCUT2D eigenvalue weighted by Crippen LogP contribution is 2.52. The molecule has 0 N–H and O–H groups in total. The topological polar surface area (TPSA) is 43.1 Å². The number of benzene rings is 1. The Bertz CT molecular complexity index is 343. The van der Waals surface area contributed by atoms with Gasteiger partial charge in [0.15, 0.2) is 7.05 Å². The third-order valence-corrected chi connectivity index (χ3v) is 3.31. The Hall–Kier alpha value is -1.38. The van der Waals surface area contributed by atoms with Crippen molar-refractivity contribution in [3.05, 3.63) is 45.5 Å². The van der Waals surface area contributed by atoms with Crippen LogP contribution in [0.2, 0.25) is 0 Å². The van der Waals surface area contributed by atoms with Gasteiger partial charge in [0.25, 0.3) is 0 Å². The van der Waals surface area contributed by atoms with Gasteiger partial charge in [-0.05, 0) is 42.2 Å². The van der Waals surface area contributed by atoms with Crippen molar-refractivity contribution in [2.75, 3.05) is 7.05 Å². The Morgan fingerprint density at radius 3 is 1.82 bits per heavy atom. The van der Waals surface area contributed by atoms with Crippen LogP contribution in [-0.2, 0) is 0 Å². The molecule has 0 saturated heterocycles. The van der Waals surface area contributed by atoms with Crippen LogP contribution in [0.4, 0.5) is 0 Å². The molecule has 0 aromatic heterocycles. The highest BCUT2D eigenvalue weighted by atomic mass is 16.6. The van der Waals surface area contributed by atoms with E-state index in [-0.39, 0.29) is 0 Å². The van der Waals surface area contributed by atoms with E-state index in [4.69, 9.17) is 10.1 Å². The molecule has 0 amide bonds. The highest BCUT2D eigenvalue weighted by molar-refractivity contribution is 5.40. The summed E-state index contributed by atoms with van der Waals surface area (Å²) >= 11 is 0. The van der Waals surface area contributed by atoms with Crippen molar-refractivity contribution in [1.29, 1.82) is 0 Å². The third-order valence-electron chi connectivity index (χ3n) is 3.31. The summed E-state index contributed by atoms with van der Waals surface area (Å²) in [6.45, 7) is 4.00. The van der Waals surface area contributed by atoms with E-state index in [1.165, 1.54) is 19.3 Å². The fourth-order valence-corrected chi connectivity index (χ4v) is 2.80. The van der Waals surface area contributed by atoms with Gasteiger partial charge in [-0.15, -0.1) is 0 Å². The number of nitro groups is 1. The van der Waals surface area contributed by atoms with Gasteiger partial charge in [0.2, 0.25) is 0 Å². The first-order chi connectivity index (χ1) is 8.18. The molecule has 0 spiro atoms. The molecule has 2 aliphatic carbocycles. The maximum absolute atomic E-state index is 8.81.